The minimum atomic E-state index is 0. The summed E-state index contributed by atoms with van der Waals surface area (Å²) in [5.74, 6) is 1.66. The molecule has 0 amide bonds. The average Bonchev–Trinajstić information content (AvgIpc) is 1.96. The van der Waals surface area contributed by atoms with Crippen molar-refractivity contribution in [2.24, 2.45) is 11.8 Å². The summed E-state index contributed by atoms with van der Waals surface area (Å²) < 4.78 is 0. The Morgan fingerprint density at radius 3 is 1.31 bits per heavy atom. The van der Waals surface area contributed by atoms with Gasteiger partial charge in [0.1, 0.15) is 0 Å². The molecule has 0 radical (unpaired) electrons. The minimum absolute atomic E-state index is 0. The fraction of sp³-hybridized carbons (Fsp3) is 1.00. The fourth-order valence-electron chi connectivity index (χ4n) is 1.20. The van der Waals surface area contributed by atoms with Gasteiger partial charge in [0.05, 0.1) is 0 Å². The van der Waals surface area contributed by atoms with E-state index < -0.39 is 0 Å². The van der Waals surface area contributed by atoms with Crippen LogP contribution in [0.3, 0.4) is 0 Å². The largest absolute Gasteiger partial charge is 0.176 e. The SMILES string of the molecule is CC(C)CCC(S)CCC(C)C.I. The zero-order chi connectivity index (χ0) is 9.56. The van der Waals surface area contributed by atoms with Crippen molar-refractivity contribution in [3.63, 3.8) is 0 Å². The van der Waals surface area contributed by atoms with Gasteiger partial charge in [-0.25, -0.2) is 0 Å². The molecule has 0 rings (SSSR count). The van der Waals surface area contributed by atoms with Crippen LogP contribution in [0.4, 0.5) is 0 Å². The van der Waals surface area contributed by atoms with Crippen LogP contribution in [0, 0.1) is 11.8 Å². The van der Waals surface area contributed by atoms with E-state index in [-0.39, 0.29) is 24.0 Å². The van der Waals surface area contributed by atoms with Gasteiger partial charge in [-0.3, -0.25) is 0 Å². The summed E-state index contributed by atoms with van der Waals surface area (Å²) in [7, 11) is 0. The van der Waals surface area contributed by atoms with E-state index in [0.29, 0.717) is 5.25 Å². The third-order valence-corrected chi connectivity index (χ3v) is 2.67. The Hall–Kier alpha value is 1.08. The van der Waals surface area contributed by atoms with Crippen LogP contribution < -0.4 is 0 Å². The van der Waals surface area contributed by atoms with Gasteiger partial charge < -0.3 is 0 Å². The summed E-state index contributed by atoms with van der Waals surface area (Å²) in [6.07, 6.45) is 5.22. The summed E-state index contributed by atoms with van der Waals surface area (Å²) in [5.41, 5.74) is 0. The lowest BCUT2D eigenvalue weighted by molar-refractivity contribution is 0.495. The minimum Gasteiger partial charge on any atom is -0.176 e. The Bertz CT molecular complexity index is 90.3. The molecule has 0 bridgehead atoms. The van der Waals surface area contributed by atoms with Gasteiger partial charge in [-0.15, -0.1) is 24.0 Å². The molecular formula is C11H25IS. The second kappa shape index (κ2) is 9.63. The van der Waals surface area contributed by atoms with Crippen LogP contribution in [0.15, 0.2) is 0 Å². The maximum absolute atomic E-state index is 4.58. The third kappa shape index (κ3) is 13.1. The van der Waals surface area contributed by atoms with Gasteiger partial charge >= 0.3 is 0 Å². The van der Waals surface area contributed by atoms with Gasteiger partial charge in [-0.05, 0) is 37.5 Å². The van der Waals surface area contributed by atoms with Gasteiger partial charge in [0.2, 0.25) is 0 Å². The molecule has 0 aliphatic heterocycles. The van der Waals surface area contributed by atoms with Crippen LogP contribution >= 0.6 is 36.6 Å². The van der Waals surface area contributed by atoms with Crippen molar-refractivity contribution in [2.75, 3.05) is 0 Å². The molecule has 13 heavy (non-hydrogen) atoms. The smallest absolute Gasteiger partial charge is 0.00170 e. The predicted octanol–water partition coefficient (Wildman–Crippen LogP) is 4.78. The standard InChI is InChI=1S/C11H24S.HI/c1-9(2)5-7-11(12)8-6-10(3)4;/h9-12H,5-8H2,1-4H3;1H. The van der Waals surface area contributed by atoms with Crippen LogP contribution in [-0.2, 0) is 0 Å². The Kier molecular flexibility index (Phi) is 12.2. The molecule has 0 fully saturated rings. The van der Waals surface area contributed by atoms with Crippen LogP contribution in [0.2, 0.25) is 0 Å². The molecule has 0 atom stereocenters. The van der Waals surface area contributed by atoms with Crippen LogP contribution in [0.5, 0.6) is 0 Å². The molecule has 0 aromatic carbocycles. The van der Waals surface area contributed by atoms with Crippen molar-refractivity contribution in [1.29, 1.82) is 0 Å². The highest BCUT2D eigenvalue weighted by Crippen LogP contribution is 2.17. The summed E-state index contributed by atoms with van der Waals surface area (Å²) in [4.78, 5) is 0. The molecular weight excluding hydrogens is 291 g/mol. The zero-order valence-electron chi connectivity index (χ0n) is 9.42. The highest BCUT2D eigenvalue weighted by molar-refractivity contribution is 14.0. The Morgan fingerprint density at radius 2 is 1.08 bits per heavy atom. The number of halogens is 1. The molecule has 0 aromatic heterocycles. The lowest BCUT2D eigenvalue weighted by Crippen LogP contribution is -2.03. The number of rotatable bonds is 6. The highest BCUT2D eigenvalue weighted by atomic mass is 127. The molecule has 0 heterocycles. The molecule has 82 valence electrons. The second-order valence-corrected chi connectivity index (χ2v) is 5.33. The Morgan fingerprint density at radius 1 is 0.769 bits per heavy atom. The molecule has 0 aliphatic rings. The number of thiol groups is 1. The van der Waals surface area contributed by atoms with Crippen molar-refractivity contribution in [3.05, 3.63) is 0 Å². The first-order valence-corrected chi connectivity index (χ1v) is 5.72. The van der Waals surface area contributed by atoms with E-state index in [1.54, 1.807) is 0 Å². The quantitative estimate of drug-likeness (QED) is 0.529. The average molecular weight is 316 g/mol. The molecule has 0 N–H and O–H groups in total. The molecule has 0 unspecified atom stereocenters. The van der Waals surface area contributed by atoms with Gasteiger partial charge in [-0.1, -0.05) is 27.7 Å². The van der Waals surface area contributed by atoms with E-state index in [4.69, 9.17) is 0 Å². The van der Waals surface area contributed by atoms with Gasteiger partial charge in [0.25, 0.3) is 0 Å². The second-order valence-electron chi connectivity index (χ2n) is 4.60. The molecule has 2 heteroatoms. The molecule has 0 aliphatic carbocycles. The summed E-state index contributed by atoms with van der Waals surface area (Å²) in [6.45, 7) is 9.12. The maximum Gasteiger partial charge on any atom is 0.00170 e. The van der Waals surface area contributed by atoms with Crippen molar-refractivity contribution < 1.29 is 0 Å². The molecule has 0 aromatic rings. The van der Waals surface area contributed by atoms with E-state index in [2.05, 4.69) is 40.3 Å². The first-order chi connectivity index (χ1) is 5.52. The lowest BCUT2D eigenvalue weighted by Gasteiger charge is -2.13. The van der Waals surface area contributed by atoms with Crippen molar-refractivity contribution in [2.45, 2.75) is 58.6 Å². The van der Waals surface area contributed by atoms with Crippen LogP contribution in [0.1, 0.15) is 53.4 Å². The van der Waals surface area contributed by atoms with E-state index in [0.717, 1.165) is 11.8 Å². The summed E-state index contributed by atoms with van der Waals surface area (Å²) >= 11 is 4.58. The molecule has 0 nitrogen and oxygen atoms in total. The van der Waals surface area contributed by atoms with Gasteiger partial charge in [-0.2, -0.15) is 12.6 Å². The third-order valence-electron chi connectivity index (χ3n) is 2.15. The van der Waals surface area contributed by atoms with E-state index in [1.165, 1.54) is 25.7 Å². The van der Waals surface area contributed by atoms with Crippen LogP contribution in [-0.4, -0.2) is 5.25 Å². The Balaban J connectivity index is 0. The van der Waals surface area contributed by atoms with Crippen molar-refractivity contribution in [1.82, 2.24) is 0 Å². The normalized spacial score (nSPS) is 11.1. The van der Waals surface area contributed by atoms with Crippen molar-refractivity contribution >= 4 is 36.6 Å². The zero-order valence-corrected chi connectivity index (χ0v) is 12.6. The van der Waals surface area contributed by atoms with Crippen LogP contribution in [0.25, 0.3) is 0 Å². The molecule has 0 spiro atoms. The lowest BCUT2D eigenvalue weighted by atomic mass is 10.0. The highest BCUT2D eigenvalue weighted by Gasteiger charge is 2.05. The first kappa shape index (κ1) is 16.5. The molecule has 0 saturated heterocycles. The molecule has 0 saturated carbocycles. The van der Waals surface area contributed by atoms with Gasteiger partial charge in [0, 0.05) is 5.25 Å². The van der Waals surface area contributed by atoms with E-state index >= 15 is 0 Å². The van der Waals surface area contributed by atoms with E-state index in [9.17, 15) is 0 Å². The Labute approximate surface area is 107 Å². The van der Waals surface area contributed by atoms with Gasteiger partial charge in [0.15, 0.2) is 0 Å². The van der Waals surface area contributed by atoms with E-state index in [1.807, 2.05) is 0 Å². The fourth-order valence-corrected chi connectivity index (χ4v) is 1.49. The number of hydrogen-bond acceptors (Lipinski definition) is 1. The summed E-state index contributed by atoms with van der Waals surface area (Å²) in [6, 6.07) is 0. The predicted molar refractivity (Wildman–Crippen MR) is 76.3 cm³/mol. The van der Waals surface area contributed by atoms with Crippen molar-refractivity contribution in [3.8, 4) is 0 Å². The topological polar surface area (TPSA) is 0 Å². The summed E-state index contributed by atoms with van der Waals surface area (Å²) in [5, 5.41) is 0.634. The monoisotopic (exact) mass is 316 g/mol. The first-order valence-electron chi connectivity index (χ1n) is 5.20. The number of hydrogen-bond donors (Lipinski definition) is 1. The maximum atomic E-state index is 4.58.